The highest BCUT2D eigenvalue weighted by Gasteiger charge is 1.89. The largest absolute Gasteiger partial charge is 0.368 e. The third kappa shape index (κ3) is 9.66. The predicted octanol–water partition coefficient (Wildman–Crippen LogP) is 2.21. The highest BCUT2D eigenvalue weighted by molar-refractivity contribution is 4.81. The molecular formula is C10H20O2. The van der Waals surface area contributed by atoms with Crippen LogP contribution in [0.15, 0.2) is 12.2 Å². The van der Waals surface area contributed by atoms with Crippen LogP contribution < -0.4 is 0 Å². The van der Waals surface area contributed by atoms with E-state index < -0.39 is 6.29 Å². The predicted molar refractivity (Wildman–Crippen MR) is 50.7 cm³/mol. The first-order valence-corrected chi connectivity index (χ1v) is 4.78. The zero-order valence-corrected chi connectivity index (χ0v) is 7.87. The minimum absolute atomic E-state index is 0.355. The average Bonchev–Trinajstić information content (AvgIpc) is 2.02. The fraction of sp³-hybridized carbons (Fsp3) is 0.800. The van der Waals surface area contributed by atoms with Crippen LogP contribution in [0.1, 0.15) is 45.4 Å². The molecule has 2 nitrogen and oxygen atoms in total. The molecule has 0 aliphatic carbocycles. The fourth-order valence-corrected chi connectivity index (χ4v) is 1.02. The molecule has 0 spiro atoms. The van der Waals surface area contributed by atoms with E-state index >= 15 is 0 Å². The molecule has 0 aromatic carbocycles. The lowest BCUT2D eigenvalue weighted by atomic mass is 10.1. The molecule has 0 bridgehead atoms. The maximum Gasteiger partial charge on any atom is 0.154 e. The number of allylic oxidation sites excluding steroid dienone is 1. The van der Waals surface area contributed by atoms with Crippen LogP contribution in [0.4, 0.5) is 0 Å². The normalized spacial score (nSPS) is 11.7. The van der Waals surface area contributed by atoms with Gasteiger partial charge in [-0.2, -0.15) is 0 Å². The van der Waals surface area contributed by atoms with Crippen LogP contribution in [-0.4, -0.2) is 16.5 Å². The molecule has 2 heteroatoms. The summed E-state index contributed by atoms with van der Waals surface area (Å²) in [7, 11) is 0. The summed E-state index contributed by atoms with van der Waals surface area (Å²) >= 11 is 0. The van der Waals surface area contributed by atoms with E-state index in [9.17, 15) is 0 Å². The maximum absolute atomic E-state index is 8.50. The third-order valence-electron chi connectivity index (χ3n) is 1.74. The number of rotatable bonds is 7. The Kier molecular flexibility index (Phi) is 8.51. The zero-order chi connectivity index (χ0) is 9.23. The molecule has 0 heterocycles. The van der Waals surface area contributed by atoms with Crippen LogP contribution in [0.25, 0.3) is 0 Å². The Morgan fingerprint density at radius 1 is 1.08 bits per heavy atom. The van der Waals surface area contributed by atoms with Crippen molar-refractivity contribution in [1.82, 2.24) is 0 Å². The van der Waals surface area contributed by atoms with Crippen molar-refractivity contribution < 1.29 is 10.2 Å². The fourth-order valence-electron chi connectivity index (χ4n) is 1.02. The Morgan fingerprint density at radius 3 is 2.42 bits per heavy atom. The van der Waals surface area contributed by atoms with Gasteiger partial charge in [-0.3, -0.25) is 0 Å². The third-order valence-corrected chi connectivity index (χ3v) is 1.74. The molecule has 0 aromatic heterocycles. The second kappa shape index (κ2) is 8.75. The van der Waals surface area contributed by atoms with Gasteiger partial charge in [0, 0.05) is 6.42 Å². The van der Waals surface area contributed by atoms with Gasteiger partial charge in [-0.15, -0.1) is 0 Å². The standard InChI is InChI=1S/C10H20O2/c1-2-3-4-5-6-7-8-9-10(11)12/h7-8,10-12H,2-6,9H2,1H3/b8-7-. The molecule has 0 amide bonds. The molecule has 0 atom stereocenters. The van der Waals surface area contributed by atoms with E-state index in [1.54, 1.807) is 0 Å². The second-order valence-electron chi connectivity index (χ2n) is 3.04. The Hall–Kier alpha value is -0.340. The van der Waals surface area contributed by atoms with Crippen LogP contribution in [-0.2, 0) is 0 Å². The number of hydrogen-bond donors (Lipinski definition) is 2. The Labute approximate surface area is 74.9 Å². The van der Waals surface area contributed by atoms with Gasteiger partial charge >= 0.3 is 0 Å². The average molecular weight is 172 g/mol. The van der Waals surface area contributed by atoms with Crippen molar-refractivity contribution in [1.29, 1.82) is 0 Å². The van der Waals surface area contributed by atoms with Gasteiger partial charge in [-0.05, 0) is 12.8 Å². The van der Waals surface area contributed by atoms with E-state index in [0.29, 0.717) is 6.42 Å². The number of hydrogen-bond acceptors (Lipinski definition) is 2. The van der Waals surface area contributed by atoms with Gasteiger partial charge in [0.25, 0.3) is 0 Å². The summed E-state index contributed by atoms with van der Waals surface area (Å²) < 4.78 is 0. The first-order valence-electron chi connectivity index (χ1n) is 4.78. The van der Waals surface area contributed by atoms with Gasteiger partial charge < -0.3 is 10.2 Å². The van der Waals surface area contributed by atoms with E-state index in [-0.39, 0.29) is 0 Å². The molecule has 0 aliphatic heterocycles. The van der Waals surface area contributed by atoms with E-state index in [4.69, 9.17) is 10.2 Å². The lowest BCUT2D eigenvalue weighted by molar-refractivity contribution is -0.0361. The van der Waals surface area contributed by atoms with E-state index in [1.807, 2.05) is 12.2 Å². The van der Waals surface area contributed by atoms with Gasteiger partial charge in [-0.1, -0.05) is 38.3 Å². The van der Waals surface area contributed by atoms with Crippen LogP contribution in [0.2, 0.25) is 0 Å². The van der Waals surface area contributed by atoms with Crippen LogP contribution in [0, 0.1) is 0 Å². The van der Waals surface area contributed by atoms with E-state index in [1.165, 1.54) is 25.7 Å². The zero-order valence-electron chi connectivity index (χ0n) is 7.87. The van der Waals surface area contributed by atoms with Crippen molar-refractivity contribution in [2.75, 3.05) is 0 Å². The maximum atomic E-state index is 8.50. The Morgan fingerprint density at radius 2 is 1.83 bits per heavy atom. The molecule has 0 rings (SSSR count). The Bertz CT molecular complexity index is 108. The molecular weight excluding hydrogens is 152 g/mol. The van der Waals surface area contributed by atoms with Crippen molar-refractivity contribution >= 4 is 0 Å². The van der Waals surface area contributed by atoms with Gasteiger partial charge in [0.1, 0.15) is 0 Å². The second-order valence-corrected chi connectivity index (χ2v) is 3.04. The highest BCUT2D eigenvalue weighted by Crippen LogP contribution is 2.03. The van der Waals surface area contributed by atoms with Gasteiger partial charge in [0.2, 0.25) is 0 Å². The molecule has 0 aliphatic rings. The lowest BCUT2D eigenvalue weighted by Gasteiger charge is -1.96. The van der Waals surface area contributed by atoms with E-state index in [0.717, 1.165) is 6.42 Å². The summed E-state index contributed by atoms with van der Waals surface area (Å²) in [6.07, 6.45) is 9.15. The molecule has 12 heavy (non-hydrogen) atoms. The van der Waals surface area contributed by atoms with Crippen molar-refractivity contribution in [3.8, 4) is 0 Å². The van der Waals surface area contributed by atoms with Crippen LogP contribution >= 0.6 is 0 Å². The topological polar surface area (TPSA) is 40.5 Å². The molecule has 0 radical (unpaired) electrons. The van der Waals surface area contributed by atoms with Gasteiger partial charge in [-0.25, -0.2) is 0 Å². The highest BCUT2D eigenvalue weighted by atomic mass is 16.5. The van der Waals surface area contributed by atoms with Gasteiger partial charge in [0.05, 0.1) is 0 Å². The summed E-state index contributed by atoms with van der Waals surface area (Å²) in [5.74, 6) is 0. The quantitative estimate of drug-likeness (QED) is 0.351. The Balaban J connectivity index is 3.03. The summed E-state index contributed by atoms with van der Waals surface area (Å²) in [5.41, 5.74) is 0. The number of unbranched alkanes of at least 4 members (excludes halogenated alkanes) is 4. The molecule has 72 valence electrons. The van der Waals surface area contributed by atoms with Crippen molar-refractivity contribution in [3.05, 3.63) is 12.2 Å². The molecule has 0 aromatic rings. The van der Waals surface area contributed by atoms with Crippen molar-refractivity contribution in [3.63, 3.8) is 0 Å². The molecule has 0 fully saturated rings. The SMILES string of the molecule is CCCCCC/C=C\CC(O)O. The molecule has 0 unspecified atom stereocenters. The molecule has 2 N–H and O–H groups in total. The number of aliphatic hydroxyl groups is 2. The monoisotopic (exact) mass is 172 g/mol. The van der Waals surface area contributed by atoms with Crippen LogP contribution in [0.5, 0.6) is 0 Å². The first kappa shape index (κ1) is 11.7. The lowest BCUT2D eigenvalue weighted by Crippen LogP contribution is -2.00. The van der Waals surface area contributed by atoms with Gasteiger partial charge in [0.15, 0.2) is 6.29 Å². The molecule has 0 saturated heterocycles. The number of aliphatic hydroxyl groups excluding tert-OH is 1. The van der Waals surface area contributed by atoms with Crippen LogP contribution in [0.3, 0.4) is 0 Å². The van der Waals surface area contributed by atoms with Crippen molar-refractivity contribution in [2.45, 2.75) is 51.7 Å². The minimum Gasteiger partial charge on any atom is -0.368 e. The smallest absolute Gasteiger partial charge is 0.154 e. The summed E-state index contributed by atoms with van der Waals surface area (Å²) in [5, 5.41) is 17.0. The first-order chi connectivity index (χ1) is 5.77. The summed E-state index contributed by atoms with van der Waals surface area (Å²) in [6.45, 7) is 2.19. The molecule has 0 saturated carbocycles. The minimum atomic E-state index is -1.18. The summed E-state index contributed by atoms with van der Waals surface area (Å²) in [4.78, 5) is 0. The summed E-state index contributed by atoms with van der Waals surface area (Å²) in [6, 6.07) is 0. The van der Waals surface area contributed by atoms with E-state index in [2.05, 4.69) is 6.92 Å². The van der Waals surface area contributed by atoms with Crippen molar-refractivity contribution in [2.24, 2.45) is 0 Å².